The van der Waals surface area contributed by atoms with Gasteiger partial charge < -0.3 is 9.88 Å². The van der Waals surface area contributed by atoms with Crippen molar-refractivity contribution < 1.29 is 13.6 Å². The van der Waals surface area contributed by atoms with E-state index in [1.165, 1.54) is 18.6 Å². The van der Waals surface area contributed by atoms with Crippen molar-refractivity contribution >= 4 is 23.4 Å². The van der Waals surface area contributed by atoms with E-state index in [1.807, 2.05) is 24.3 Å². The van der Waals surface area contributed by atoms with Gasteiger partial charge in [0.2, 0.25) is 0 Å². The first-order valence-corrected chi connectivity index (χ1v) is 10.4. The van der Waals surface area contributed by atoms with E-state index in [0.29, 0.717) is 27.9 Å². The number of benzene rings is 2. The Morgan fingerprint density at radius 3 is 2.69 bits per heavy atom. The van der Waals surface area contributed by atoms with Crippen molar-refractivity contribution in [1.82, 2.24) is 14.8 Å². The SMILES string of the molecule is O=C(Nc1cccc(-c2nnc3n2CCCCC3)c1)c1ccc(SC(F)F)cc1. The zero-order valence-corrected chi connectivity index (χ0v) is 16.5. The molecule has 0 atom stereocenters. The van der Waals surface area contributed by atoms with Gasteiger partial charge in [-0.1, -0.05) is 30.3 Å². The Bertz CT molecular complexity index is 1000. The Balaban J connectivity index is 1.51. The molecular weight excluding hydrogens is 394 g/mol. The molecule has 0 saturated heterocycles. The quantitative estimate of drug-likeness (QED) is 0.580. The van der Waals surface area contributed by atoms with Crippen LogP contribution in [0.3, 0.4) is 0 Å². The van der Waals surface area contributed by atoms with Gasteiger partial charge in [0.15, 0.2) is 5.82 Å². The van der Waals surface area contributed by atoms with Gasteiger partial charge in [-0.3, -0.25) is 4.79 Å². The van der Waals surface area contributed by atoms with Crippen molar-refractivity contribution in [3.8, 4) is 11.4 Å². The van der Waals surface area contributed by atoms with Gasteiger partial charge in [0, 0.05) is 34.7 Å². The molecule has 2 heterocycles. The van der Waals surface area contributed by atoms with Crippen molar-refractivity contribution in [2.45, 2.75) is 42.9 Å². The average molecular weight is 414 g/mol. The highest BCUT2D eigenvalue weighted by atomic mass is 32.2. The van der Waals surface area contributed by atoms with Crippen LogP contribution in [0.25, 0.3) is 11.4 Å². The number of anilines is 1. The Hall–Kier alpha value is -2.74. The molecule has 0 fully saturated rings. The zero-order chi connectivity index (χ0) is 20.2. The lowest BCUT2D eigenvalue weighted by atomic mass is 10.1. The van der Waals surface area contributed by atoms with Crippen LogP contribution in [-0.4, -0.2) is 26.4 Å². The molecule has 0 radical (unpaired) electrons. The van der Waals surface area contributed by atoms with Crippen LogP contribution in [-0.2, 0) is 13.0 Å². The van der Waals surface area contributed by atoms with Gasteiger partial charge in [-0.2, -0.15) is 8.78 Å². The third-order valence-electron chi connectivity index (χ3n) is 4.83. The third kappa shape index (κ3) is 4.64. The number of hydrogen-bond acceptors (Lipinski definition) is 4. The van der Waals surface area contributed by atoms with Crippen LogP contribution >= 0.6 is 11.8 Å². The number of hydrogen-bond donors (Lipinski definition) is 1. The van der Waals surface area contributed by atoms with Gasteiger partial charge in [0.05, 0.1) is 0 Å². The highest BCUT2D eigenvalue weighted by Gasteiger charge is 2.16. The minimum atomic E-state index is -2.48. The van der Waals surface area contributed by atoms with Gasteiger partial charge in [-0.15, -0.1) is 10.2 Å². The number of nitrogens with zero attached hydrogens (tertiary/aromatic N) is 3. The topological polar surface area (TPSA) is 59.8 Å². The van der Waals surface area contributed by atoms with Crippen molar-refractivity contribution in [2.75, 3.05) is 5.32 Å². The number of carbonyl (C=O) groups excluding carboxylic acids is 1. The number of rotatable bonds is 5. The van der Waals surface area contributed by atoms with E-state index >= 15 is 0 Å². The summed E-state index contributed by atoms with van der Waals surface area (Å²) in [6, 6.07) is 13.6. The largest absolute Gasteiger partial charge is 0.322 e. The van der Waals surface area contributed by atoms with Crippen molar-refractivity contribution in [1.29, 1.82) is 0 Å². The molecule has 2 aromatic carbocycles. The van der Waals surface area contributed by atoms with Gasteiger partial charge in [0.1, 0.15) is 5.82 Å². The number of nitrogens with one attached hydrogen (secondary N) is 1. The normalized spacial score (nSPS) is 13.8. The maximum absolute atomic E-state index is 12.5. The van der Waals surface area contributed by atoms with Crippen molar-refractivity contribution in [3.05, 3.63) is 59.9 Å². The van der Waals surface area contributed by atoms with Crippen LogP contribution in [0.4, 0.5) is 14.5 Å². The first-order valence-electron chi connectivity index (χ1n) is 9.49. The number of aromatic nitrogens is 3. The molecule has 4 rings (SSSR count). The highest BCUT2D eigenvalue weighted by molar-refractivity contribution is 7.99. The predicted molar refractivity (Wildman–Crippen MR) is 109 cm³/mol. The monoisotopic (exact) mass is 414 g/mol. The van der Waals surface area contributed by atoms with E-state index in [-0.39, 0.29) is 5.91 Å². The third-order valence-corrected chi connectivity index (χ3v) is 5.55. The van der Waals surface area contributed by atoms with E-state index in [1.54, 1.807) is 12.1 Å². The molecule has 3 aromatic rings. The molecule has 0 aliphatic carbocycles. The van der Waals surface area contributed by atoms with Crippen LogP contribution in [0.1, 0.15) is 35.4 Å². The number of amides is 1. The number of carbonyl (C=O) groups is 1. The second-order valence-corrected chi connectivity index (χ2v) is 7.90. The average Bonchev–Trinajstić information content (AvgIpc) is 2.96. The van der Waals surface area contributed by atoms with E-state index < -0.39 is 5.76 Å². The summed E-state index contributed by atoms with van der Waals surface area (Å²) in [7, 11) is 0. The smallest absolute Gasteiger partial charge is 0.288 e. The zero-order valence-electron chi connectivity index (χ0n) is 15.6. The van der Waals surface area contributed by atoms with Gasteiger partial charge in [-0.05, 0) is 49.2 Å². The number of aryl methyl sites for hydroxylation is 1. The summed E-state index contributed by atoms with van der Waals surface area (Å²) < 4.78 is 27.0. The molecule has 0 bridgehead atoms. The van der Waals surface area contributed by atoms with Gasteiger partial charge in [-0.25, -0.2) is 0 Å². The van der Waals surface area contributed by atoms with Crippen molar-refractivity contribution in [3.63, 3.8) is 0 Å². The standard InChI is InChI=1S/C21H20F2N4OS/c22-21(23)29-17-10-8-14(9-11-17)20(28)24-16-6-4-5-15(13-16)19-26-25-18-7-2-1-3-12-27(18)19/h4-6,8-11,13,21H,1-3,7,12H2,(H,24,28). The summed E-state index contributed by atoms with van der Waals surface area (Å²) in [5, 5.41) is 11.6. The molecule has 1 N–H and O–H groups in total. The Labute approximate surface area is 171 Å². The Morgan fingerprint density at radius 2 is 1.90 bits per heavy atom. The lowest BCUT2D eigenvalue weighted by Gasteiger charge is -2.10. The fourth-order valence-electron chi connectivity index (χ4n) is 3.43. The van der Waals surface area contributed by atoms with Gasteiger partial charge in [0.25, 0.3) is 11.7 Å². The summed E-state index contributed by atoms with van der Waals surface area (Å²) >= 11 is 0.456. The van der Waals surface area contributed by atoms with E-state index in [4.69, 9.17) is 0 Å². The van der Waals surface area contributed by atoms with E-state index in [9.17, 15) is 13.6 Å². The predicted octanol–water partition coefficient (Wildman–Crippen LogP) is 5.24. The molecule has 29 heavy (non-hydrogen) atoms. The minimum absolute atomic E-state index is 0.296. The van der Waals surface area contributed by atoms with Crippen LogP contribution < -0.4 is 5.32 Å². The number of fused-ring (bicyclic) bond motifs is 1. The maximum Gasteiger partial charge on any atom is 0.288 e. The lowest BCUT2D eigenvalue weighted by molar-refractivity contribution is 0.102. The van der Waals surface area contributed by atoms with E-state index in [0.717, 1.165) is 43.0 Å². The summed E-state index contributed by atoms with van der Waals surface area (Å²) in [6.07, 6.45) is 4.36. The first-order chi connectivity index (χ1) is 14.1. The minimum Gasteiger partial charge on any atom is -0.322 e. The number of thioether (sulfide) groups is 1. The highest BCUT2D eigenvalue weighted by Crippen LogP contribution is 2.27. The molecule has 1 amide bonds. The second kappa shape index (κ2) is 8.73. The molecule has 1 aliphatic rings. The molecule has 0 saturated carbocycles. The molecular formula is C21H20F2N4OS. The molecule has 1 aliphatic heterocycles. The van der Waals surface area contributed by atoms with Crippen LogP contribution in [0, 0.1) is 0 Å². The Morgan fingerprint density at radius 1 is 1.07 bits per heavy atom. The van der Waals surface area contributed by atoms with Crippen LogP contribution in [0.2, 0.25) is 0 Å². The molecule has 0 unspecified atom stereocenters. The molecule has 8 heteroatoms. The first kappa shape index (κ1) is 19.6. The van der Waals surface area contributed by atoms with Crippen molar-refractivity contribution in [2.24, 2.45) is 0 Å². The lowest BCUT2D eigenvalue weighted by Crippen LogP contribution is -2.12. The number of halogens is 2. The molecule has 5 nitrogen and oxygen atoms in total. The van der Waals surface area contributed by atoms with Crippen LogP contribution in [0.5, 0.6) is 0 Å². The fraction of sp³-hybridized carbons (Fsp3) is 0.286. The maximum atomic E-state index is 12.5. The molecule has 150 valence electrons. The summed E-state index contributed by atoms with van der Waals surface area (Å²) in [5.74, 6) is -0.958. The molecule has 0 spiro atoms. The summed E-state index contributed by atoms with van der Waals surface area (Å²) in [6.45, 7) is 0.900. The van der Waals surface area contributed by atoms with Gasteiger partial charge >= 0.3 is 0 Å². The Kier molecular flexibility index (Phi) is 5.89. The fourth-order valence-corrected chi connectivity index (χ4v) is 3.92. The number of alkyl halides is 2. The second-order valence-electron chi connectivity index (χ2n) is 6.84. The van der Waals surface area contributed by atoms with Crippen LogP contribution in [0.15, 0.2) is 53.4 Å². The summed E-state index contributed by atoms with van der Waals surface area (Å²) in [5.41, 5.74) is 1.95. The summed E-state index contributed by atoms with van der Waals surface area (Å²) in [4.78, 5) is 12.9. The van der Waals surface area contributed by atoms with E-state index in [2.05, 4.69) is 20.1 Å². The molecule has 1 aromatic heterocycles.